The fraction of sp³-hybridized carbons (Fsp3) is 0.0769. The van der Waals surface area contributed by atoms with Crippen LogP contribution in [0.4, 0.5) is 0 Å². The van der Waals surface area contributed by atoms with Crippen LogP contribution in [-0.2, 0) is 4.79 Å². The van der Waals surface area contributed by atoms with E-state index in [0.29, 0.717) is 0 Å². The van der Waals surface area contributed by atoms with Gasteiger partial charge < -0.3 is 0 Å². The van der Waals surface area contributed by atoms with Crippen molar-refractivity contribution in [1.82, 2.24) is 4.98 Å². The molecular formula is C13H10NO. The van der Waals surface area contributed by atoms with Gasteiger partial charge in [-0.25, -0.2) is 0 Å². The third kappa shape index (κ3) is 2.10. The van der Waals surface area contributed by atoms with Gasteiger partial charge in [0.2, 0.25) is 6.29 Å². The quantitative estimate of drug-likeness (QED) is 0.754. The Morgan fingerprint density at radius 3 is 2.33 bits per heavy atom. The van der Waals surface area contributed by atoms with Gasteiger partial charge in [-0.05, 0) is 17.2 Å². The Morgan fingerprint density at radius 1 is 1.00 bits per heavy atom. The van der Waals surface area contributed by atoms with E-state index in [4.69, 9.17) is 0 Å². The van der Waals surface area contributed by atoms with E-state index in [1.807, 2.05) is 48.8 Å². The van der Waals surface area contributed by atoms with Crippen molar-refractivity contribution in [2.45, 2.75) is 5.92 Å². The molecule has 0 aliphatic carbocycles. The molecule has 0 amide bonds. The average molecular weight is 196 g/mol. The van der Waals surface area contributed by atoms with Crippen molar-refractivity contribution in [3.63, 3.8) is 0 Å². The highest BCUT2D eigenvalue weighted by Gasteiger charge is 2.13. The minimum atomic E-state index is -0.333. The molecule has 0 aliphatic rings. The summed E-state index contributed by atoms with van der Waals surface area (Å²) >= 11 is 0. The van der Waals surface area contributed by atoms with Crippen LogP contribution in [0.15, 0.2) is 54.9 Å². The summed E-state index contributed by atoms with van der Waals surface area (Å²) in [6, 6.07) is 13.3. The van der Waals surface area contributed by atoms with Crippen LogP contribution in [0.3, 0.4) is 0 Å². The molecule has 0 aliphatic heterocycles. The monoisotopic (exact) mass is 196 g/mol. The standard InChI is InChI=1S/C13H10NO/c15-10-13(11-5-2-1-3-6-11)12-7-4-8-14-9-12/h1-9,13H. The zero-order valence-corrected chi connectivity index (χ0v) is 8.13. The number of hydrogen-bond acceptors (Lipinski definition) is 2. The SMILES string of the molecule is O=[C]C(c1ccccc1)c1cccnc1. The van der Waals surface area contributed by atoms with Crippen molar-refractivity contribution < 1.29 is 4.79 Å². The first kappa shape index (κ1) is 9.59. The molecule has 2 rings (SSSR count). The largest absolute Gasteiger partial charge is 0.290 e. The molecule has 2 aromatic rings. The van der Waals surface area contributed by atoms with Crippen LogP contribution < -0.4 is 0 Å². The number of rotatable bonds is 3. The molecule has 0 N–H and O–H groups in total. The molecule has 0 spiro atoms. The van der Waals surface area contributed by atoms with E-state index in [-0.39, 0.29) is 5.92 Å². The van der Waals surface area contributed by atoms with E-state index in [1.54, 1.807) is 12.4 Å². The number of benzene rings is 1. The summed E-state index contributed by atoms with van der Waals surface area (Å²) < 4.78 is 0. The zero-order chi connectivity index (χ0) is 10.5. The van der Waals surface area contributed by atoms with E-state index < -0.39 is 0 Å². The second-order valence-corrected chi connectivity index (χ2v) is 3.25. The van der Waals surface area contributed by atoms with Gasteiger partial charge in [0.1, 0.15) is 0 Å². The molecule has 1 atom stereocenters. The lowest BCUT2D eigenvalue weighted by Crippen LogP contribution is -2.02. The molecule has 1 aromatic heterocycles. The molecule has 0 bridgehead atoms. The van der Waals surface area contributed by atoms with Crippen LogP contribution in [-0.4, -0.2) is 11.3 Å². The maximum absolute atomic E-state index is 11.0. The van der Waals surface area contributed by atoms with Crippen molar-refractivity contribution >= 4 is 6.29 Å². The summed E-state index contributed by atoms with van der Waals surface area (Å²) in [5, 5.41) is 0. The number of hydrogen-bond donors (Lipinski definition) is 0. The van der Waals surface area contributed by atoms with Gasteiger partial charge in [0.25, 0.3) is 0 Å². The van der Waals surface area contributed by atoms with E-state index in [0.717, 1.165) is 11.1 Å². The Labute approximate surface area is 88.6 Å². The van der Waals surface area contributed by atoms with Crippen LogP contribution >= 0.6 is 0 Å². The third-order valence-corrected chi connectivity index (χ3v) is 2.27. The summed E-state index contributed by atoms with van der Waals surface area (Å²) in [7, 11) is 0. The highest BCUT2D eigenvalue weighted by Crippen LogP contribution is 2.21. The number of carbonyl (C=O) groups excluding carboxylic acids is 1. The van der Waals surface area contributed by atoms with Crippen molar-refractivity contribution in [1.29, 1.82) is 0 Å². The van der Waals surface area contributed by atoms with Gasteiger partial charge in [-0.1, -0.05) is 36.4 Å². The lowest BCUT2D eigenvalue weighted by Gasteiger charge is -2.08. The molecule has 0 fully saturated rings. The lowest BCUT2D eigenvalue weighted by molar-refractivity contribution is 0.549. The molecule has 1 radical (unpaired) electrons. The average Bonchev–Trinajstić information content (AvgIpc) is 2.33. The second-order valence-electron chi connectivity index (χ2n) is 3.25. The summed E-state index contributed by atoms with van der Waals surface area (Å²) in [6.45, 7) is 0. The fourth-order valence-corrected chi connectivity index (χ4v) is 1.52. The van der Waals surface area contributed by atoms with Gasteiger partial charge in [-0.15, -0.1) is 0 Å². The predicted molar refractivity (Wildman–Crippen MR) is 58.2 cm³/mol. The van der Waals surface area contributed by atoms with Crippen LogP contribution in [0, 0.1) is 0 Å². The minimum Gasteiger partial charge on any atom is -0.290 e. The fourth-order valence-electron chi connectivity index (χ4n) is 1.52. The lowest BCUT2D eigenvalue weighted by atomic mass is 9.94. The topological polar surface area (TPSA) is 30.0 Å². The van der Waals surface area contributed by atoms with Gasteiger partial charge in [-0.2, -0.15) is 0 Å². The molecule has 1 heterocycles. The molecule has 0 saturated carbocycles. The zero-order valence-electron chi connectivity index (χ0n) is 8.13. The molecule has 1 aromatic carbocycles. The molecule has 1 unspecified atom stereocenters. The van der Waals surface area contributed by atoms with Gasteiger partial charge in [0, 0.05) is 12.4 Å². The van der Waals surface area contributed by atoms with Gasteiger partial charge in [0.15, 0.2) is 0 Å². The Hall–Kier alpha value is -1.96. The molecule has 73 valence electrons. The Kier molecular flexibility index (Phi) is 2.88. The number of nitrogens with zero attached hydrogens (tertiary/aromatic N) is 1. The van der Waals surface area contributed by atoms with Crippen molar-refractivity contribution in [2.75, 3.05) is 0 Å². The maximum atomic E-state index is 11.0. The van der Waals surface area contributed by atoms with E-state index in [1.165, 1.54) is 0 Å². The summed E-state index contributed by atoms with van der Waals surface area (Å²) in [5.41, 5.74) is 1.82. The van der Waals surface area contributed by atoms with E-state index >= 15 is 0 Å². The Bertz CT molecular complexity index is 385. The van der Waals surface area contributed by atoms with Gasteiger partial charge >= 0.3 is 0 Å². The smallest absolute Gasteiger partial charge is 0.211 e. The van der Waals surface area contributed by atoms with Crippen LogP contribution in [0.5, 0.6) is 0 Å². The molecular weight excluding hydrogens is 186 g/mol. The normalized spacial score (nSPS) is 12.0. The van der Waals surface area contributed by atoms with E-state index in [9.17, 15) is 4.79 Å². The molecule has 0 saturated heterocycles. The van der Waals surface area contributed by atoms with E-state index in [2.05, 4.69) is 4.98 Å². The van der Waals surface area contributed by atoms with Gasteiger partial charge in [-0.3, -0.25) is 9.78 Å². The highest BCUT2D eigenvalue weighted by atomic mass is 16.1. The first-order chi connectivity index (χ1) is 7.42. The van der Waals surface area contributed by atoms with Crippen molar-refractivity contribution in [2.24, 2.45) is 0 Å². The molecule has 15 heavy (non-hydrogen) atoms. The maximum Gasteiger partial charge on any atom is 0.211 e. The van der Waals surface area contributed by atoms with Gasteiger partial charge in [0.05, 0.1) is 5.92 Å². The summed E-state index contributed by atoms with van der Waals surface area (Å²) in [4.78, 5) is 15.0. The summed E-state index contributed by atoms with van der Waals surface area (Å²) in [5.74, 6) is -0.333. The molecule has 2 nitrogen and oxygen atoms in total. The first-order valence-corrected chi connectivity index (χ1v) is 4.74. The molecule has 2 heteroatoms. The second kappa shape index (κ2) is 4.51. The predicted octanol–water partition coefficient (Wildman–Crippen LogP) is 2.32. The highest BCUT2D eigenvalue weighted by molar-refractivity contribution is 5.68. The number of aromatic nitrogens is 1. The first-order valence-electron chi connectivity index (χ1n) is 4.74. The summed E-state index contributed by atoms with van der Waals surface area (Å²) in [6.07, 6.45) is 5.43. The van der Waals surface area contributed by atoms with Crippen LogP contribution in [0.25, 0.3) is 0 Å². The Morgan fingerprint density at radius 2 is 1.73 bits per heavy atom. The van der Waals surface area contributed by atoms with Crippen LogP contribution in [0.2, 0.25) is 0 Å². The Balaban J connectivity index is 2.38. The van der Waals surface area contributed by atoms with Crippen molar-refractivity contribution in [3.8, 4) is 0 Å². The van der Waals surface area contributed by atoms with Crippen LogP contribution in [0.1, 0.15) is 17.0 Å². The van der Waals surface area contributed by atoms with Crippen molar-refractivity contribution in [3.05, 3.63) is 66.0 Å². The number of pyridine rings is 1. The minimum absolute atomic E-state index is 0.333. The third-order valence-electron chi connectivity index (χ3n) is 2.27.